The van der Waals surface area contributed by atoms with Gasteiger partial charge < -0.3 is 4.74 Å². The van der Waals surface area contributed by atoms with Crippen molar-refractivity contribution in [3.8, 4) is 0 Å². The van der Waals surface area contributed by atoms with Crippen molar-refractivity contribution in [3.05, 3.63) is 35.4 Å². The molecular formula is C13H16F2N2O3. The van der Waals surface area contributed by atoms with E-state index in [-0.39, 0.29) is 0 Å². The predicted molar refractivity (Wildman–Crippen MR) is 67.8 cm³/mol. The molecule has 5 nitrogen and oxygen atoms in total. The number of nitrogens with zero attached hydrogens (tertiary/aromatic N) is 1. The summed E-state index contributed by atoms with van der Waals surface area (Å²) in [4.78, 5) is 23.3. The van der Waals surface area contributed by atoms with Gasteiger partial charge in [-0.3, -0.25) is 10.2 Å². The van der Waals surface area contributed by atoms with Crippen molar-refractivity contribution < 1.29 is 23.1 Å². The van der Waals surface area contributed by atoms with Gasteiger partial charge in [0.05, 0.1) is 5.56 Å². The van der Waals surface area contributed by atoms with E-state index < -0.39 is 34.8 Å². The first-order valence-corrected chi connectivity index (χ1v) is 5.83. The van der Waals surface area contributed by atoms with Crippen LogP contribution in [0.1, 0.15) is 31.1 Å². The van der Waals surface area contributed by atoms with Gasteiger partial charge in [-0.25, -0.2) is 18.6 Å². The maximum atomic E-state index is 13.4. The summed E-state index contributed by atoms with van der Waals surface area (Å²) in [5.41, 5.74) is 0.864. The van der Waals surface area contributed by atoms with Gasteiger partial charge in [0.1, 0.15) is 17.2 Å². The minimum absolute atomic E-state index is 0.500. The van der Waals surface area contributed by atoms with Gasteiger partial charge in [-0.2, -0.15) is 0 Å². The molecule has 20 heavy (non-hydrogen) atoms. The van der Waals surface area contributed by atoms with Gasteiger partial charge in [0.25, 0.3) is 5.91 Å². The smallest absolute Gasteiger partial charge is 0.428 e. The minimum Gasteiger partial charge on any atom is -0.442 e. The zero-order chi connectivity index (χ0) is 15.5. The van der Waals surface area contributed by atoms with Gasteiger partial charge >= 0.3 is 6.09 Å². The highest BCUT2D eigenvalue weighted by Gasteiger charge is 2.22. The number of amides is 2. The van der Waals surface area contributed by atoms with E-state index in [0.717, 1.165) is 23.2 Å². The molecule has 0 aliphatic heterocycles. The Kier molecular flexibility index (Phi) is 4.65. The van der Waals surface area contributed by atoms with Crippen molar-refractivity contribution in [2.75, 3.05) is 7.05 Å². The van der Waals surface area contributed by atoms with Crippen LogP contribution < -0.4 is 5.43 Å². The highest BCUT2D eigenvalue weighted by molar-refractivity contribution is 5.95. The Morgan fingerprint density at radius 3 is 2.40 bits per heavy atom. The third kappa shape index (κ3) is 4.49. The molecule has 0 saturated heterocycles. The second kappa shape index (κ2) is 5.85. The number of carbonyl (C=O) groups excluding carboxylic acids is 2. The Hall–Kier alpha value is -2.18. The van der Waals surface area contributed by atoms with Crippen LogP contribution in [0, 0.1) is 11.6 Å². The topological polar surface area (TPSA) is 58.6 Å². The van der Waals surface area contributed by atoms with E-state index in [9.17, 15) is 18.4 Å². The quantitative estimate of drug-likeness (QED) is 0.807. The molecule has 1 rings (SSSR count). The lowest BCUT2D eigenvalue weighted by molar-refractivity contribution is 0.0194. The third-order valence-electron chi connectivity index (χ3n) is 2.11. The summed E-state index contributed by atoms with van der Waals surface area (Å²) >= 11 is 0. The summed E-state index contributed by atoms with van der Waals surface area (Å²) in [5.74, 6) is -2.59. The van der Waals surface area contributed by atoms with Gasteiger partial charge in [0.15, 0.2) is 0 Å². The molecule has 0 bridgehead atoms. The first kappa shape index (κ1) is 15.9. The second-order valence-electron chi connectivity index (χ2n) is 5.10. The number of ether oxygens (including phenoxy) is 1. The van der Waals surface area contributed by atoms with Crippen LogP contribution in [0.4, 0.5) is 13.6 Å². The number of rotatable bonds is 1. The van der Waals surface area contributed by atoms with Crippen LogP contribution in [0.25, 0.3) is 0 Å². The third-order valence-corrected chi connectivity index (χ3v) is 2.11. The van der Waals surface area contributed by atoms with Crippen molar-refractivity contribution in [1.82, 2.24) is 10.4 Å². The number of hydrogen-bond donors (Lipinski definition) is 1. The van der Waals surface area contributed by atoms with Gasteiger partial charge in [-0.15, -0.1) is 0 Å². The average molecular weight is 286 g/mol. The van der Waals surface area contributed by atoms with Crippen LogP contribution in [-0.4, -0.2) is 29.7 Å². The molecule has 1 N–H and O–H groups in total. The maximum absolute atomic E-state index is 13.4. The molecule has 0 heterocycles. The van der Waals surface area contributed by atoms with Crippen LogP contribution in [0.15, 0.2) is 18.2 Å². The summed E-state index contributed by atoms with van der Waals surface area (Å²) in [7, 11) is 1.24. The molecule has 0 radical (unpaired) electrons. The highest BCUT2D eigenvalue weighted by Crippen LogP contribution is 2.11. The molecule has 7 heteroatoms. The Bertz CT molecular complexity index is 527. The highest BCUT2D eigenvalue weighted by atomic mass is 19.1. The fourth-order valence-corrected chi connectivity index (χ4v) is 1.26. The van der Waals surface area contributed by atoms with E-state index in [1.165, 1.54) is 7.05 Å². The van der Waals surface area contributed by atoms with Crippen molar-refractivity contribution in [3.63, 3.8) is 0 Å². The Labute approximate surface area is 115 Å². The van der Waals surface area contributed by atoms with Crippen molar-refractivity contribution in [2.24, 2.45) is 0 Å². The van der Waals surface area contributed by atoms with Crippen LogP contribution in [-0.2, 0) is 4.74 Å². The first-order chi connectivity index (χ1) is 9.10. The fraction of sp³-hybridized carbons (Fsp3) is 0.385. The second-order valence-corrected chi connectivity index (χ2v) is 5.10. The van der Waals surface area contributed by atoms with Crippen LogP contribution >= 0.6 is 0 Å². The van der Waals surface area contributed by atoms with E-state index in [4.69, 9.17) is 4.74 Å². The molecule has 1 aromatic rings. The Morgan fingerprint density at radius 2 is 1.85 bits per heavy atom. The zero-order valence-electron chi connectivity index (χ0n) is 11.7. The largest absolute Gasteiger partial charge is 0.442 e. The summed E-state index contributed by atoms with van der Waals surface area (Å²) in [6.45, 7) is 4.98. The first-order valence-electron chi connectivity index (χ1n) is 5.83. The molecule has 0 aliphatic carbocycles. The number of carbonyl (C=O) groups is 2. The summed E-state index contributed by atoms with van der Waals surface area (Å²) < 4.78 is 31.3. The molecule has 0 atom stereocenters. The van der Waals surface area contributed by atoms with E-state index in [1.54, 1.807) is 20.8 Å². The molecule has 0 aliphatic rings. The van der Waals surface area contributed by atoms with E-state index >= 15 is 0 Å². The monoisotopic (exact) mass is 286 g/mol. The van der Waals surface area contributed by atoms with Crippen molar-refractivity contribution in [2.45, 2.75) is 26.4 Å². The van der Waals surface area contributed by atoms with Crippen LogP contribution in [0.3, 0.4) is 0 Å². The van der Waals surface area contributed by atoms with Gasteiger partial charge in [-0.05, 0) is 39.0 Å². The van der Waals surface area contributed by atoms with E-state index in [2.05, 4.69) is 5.43 Å². The van der Waals surface area contributed by atoms with Crippen LogP contribution in [0.5, 0.6) is 0 Å². The predicted octanol–water partition coefficient (Wildman–Crippen LogP) is 2.48. The lowest BCUT2D eigenvalue weighted by Gasteiger charge is -2.24. The summed E-state index contributed by atoms with van der Waals surface area (Å²) in [5, 5.41) is 0.762. The molecule has 0 aromatic heterocycles. The molecule has 0 saturated carbocycles. The number of hydrogen-bond acceptors (Lipinski definition) is 3. The van der Waals surface area contributed by atoms with Gasteiger partial charge in [0.2, 0.25) is 0 Å². The van der Waals surface area contributed by atoms with Gasteiger partial charge in [-0.1, -0.05) is 0 Å². The normalized spacial score (nSPS) is 10.9. The molecule has 0 unspecified atom stereocenters. The average Bonchev–Trinajstić information content (AvgIpc) is 2.29. The van der Waals surface area contributed by atoms with Gasteiger partial charge in [0, 0.05) is 7.05 Å². The Morgan fingerprint density at radius 1 is 1.25 bits per heavy atom. The summed E-state index contributed by atoms with van der Waals surface area (Å²) in [6, 6.07) is 2.47. The number of hydrazine groups is 1. The van der Waals surface area contributed by atoms with E-state index in [0.29, 0.717) is 0 Å². The lowest BCUT2D eigenvalue weighted by atomic mass is 10.2. The molecule has 1 aromatic carbocycles. The Balaban J connectivity index is 2.75. The number of halogens is 2. The lowest BCUT2D eigenvalue weighted by Crippen LogP contribution is -2.45. The van der Waals surface area contributed by atoms with Crippen molar-refractivity contribution in [1.29, 1.82) is 0 Å². The molecule has 0 spiro atoms. The van der Waals surface area contributed by atoms with E-state index in [1.807, 2.05) is 0 Å². The van der Waals surface area contributed by atoms with Crippen LogP contribution in [0.2, 0.25) is 0 Å². The molecule has 110 valence electrons. The number of benzene rings is 1. The molecule has 0 fully saturated rings. The SMILES string of the molecule is CN(NC(=O)c1cc(F)ccc1F)C(=O)OC(C)(C)C. The number of nitrogens with one attached hydrogen (secondary N) is 1. The summed E-state index contributed by atoms with van der Waals surface area (Å²) in [6.07, 6.45) is -0.817. The molecule has 2 amide bonds. The fourth-order valence-electron chi connectivity index (χ4n) is 1.26. The maximum Gasteiger partial charge on any atom is 0.428 e. The standard InChI is InChI=1S/C13H16F2N2O3/c1-13(2,3)20-12(19)17(4)16-11(18)9-7-8(14)5-6-10(9)15/h5-7H,1-4H3,(H,16,18). The molecular weight excluding hydrogens is 270 g/mol. The van der Waals surface area contributed by atoms with Crippen molar-refractivity contribution >= 4 is 12.0 Å². The zero-order valence-corrected chi connectivity index (χ0v) is 11.7. The minimum atomic E-state index is -0.949.